The van der Waals surface area contributed by atoms with Crippen molar-refractivity contribution in [3.8, 4) is 0 Å². The molecular weight excluding hydrogens is 262 g/mol. The minimum atomic E-state index is -1.09. The molecule has 0 saturated carbocycles. The predicted molar refractivity (Wildman–Crippen MR) is 72.6 cm³/mol. The van der Waals surface area contributed by atoms with E-state index in [9.17, 15) is 9.59 Å². The van der Waals surface area contributed by atoms with Crippen molar-refractivity contribution in [2.24, 2.45) is 0 Å². The van der Waals surface area contributed by atoms with E-state index in [4.69, 9.17) is 9.84 Å². The van der Waals surface area contributed by atoms with Gasteiger partial charge in [0.1, 0.15) is 0 Å². The lowest BCUT2D eigenvalue weighted by Crippen LogP contribution is -2.53. The molecule has 7 heteroatoms. The van der Waals surface area contributed by atoms with E-state index >= 15 is 0 Å². The molecule has 0 aliphatic carbocycles. The van der Waals surface area contributed by atoms with Crippen LogP contribution in [0.1, 0.15) is 25.7 Å². The van der Waals surface area contributed by atoms with Gasteiger partial charge in [0, 0.05) is 25.7 Å². The number of ether oxygens (including phenoxy) is 1. The van der Waals surface area contributed by atoms with E-state index < -0.39 is 18.0 Å². The van der Waals surface area contributed by atoms with Crippen molar-refractivity contribution in [2.75, 3.05) is 26.8 Å². The van der Waals surface area contributed by atoms with Gasteiger partial charge in [0.2, 0.25) is 0 Å². The molecule has 2 aliphatic heterocycles. The number of carboxylic acid groups (broad SMARTS) is 1. The van der Waals surface area contributed by atoms with Crippen LogP contribution in [0.15, 0.2) is 0 Å². The van der Waals surface area contributed by atoms with E-state index in [-0.39, 0.29) is 12.6 Å². The Labute approximate surface area is 118 Å². The summed E-state index contributed by atoms with van der Waals surface area (Å²) in [5.74, 6) is -1.09. The summed E-state index contributed by atoms with van der Waals surface area (Å²) >= 11 is 0. The molecule has 2 rings (SSSR count). The van der Waals surface area contributed by atoms with Gasteiger partial charge in [-0.2, -0.15) is 0 Å². The zero-order valence-corrected chi connectivity index (χ0v) is 11.8. The van der Waals surface area contributed by atoms with Crippen molar-refractivity contribution < 1.29 is 19.4 Å². The highest BCUT2D eigenvalue weighted by Gasteiger charge is 2.32. The maximum absolute atomic E-state index is 11.8. The normalized spacial score (nSPS) is 27.6. The highest BCUT2D eigenvalue weighted by atomic mass is 16.5. The van der Waals surface area contributed by atoms with Crippen LogP contribution in [0.25, 0.3) is 0 Å². The van der Waals surface area contributed by atoms with Crippen molar-refractivity contribution in [3.63, 3.8) is 0 Å². The summed E-state index contributed by atoms with van der Waals surface area (Å²) in [5, 5.41) is 14.3. The third kappa shape index (κ3) is 3.83. The Morgan fingerprint density at radius 3 is 2.90 bits per heavy atom. The first kappa shape index (κ1) is 15.1. The molecule has 0 aromatic carbocycles. The Hall–Kier alpha value is -1.34. The number of carboxylic acids is 1. The quantitative estimate of drug-likeness (QED) is 0.662. The van der Waals surface area contributed by atoms with Crippen LogP contribution >= 0.6 is 0 Å². The largest absolute Gasteiger partial charge is 0.480 e. The molecule has 2 fully saturated rings. The first-order valence-electron chi connectivity index (χ1n) is 7.13. The van der Waals surface area contributed by atoms with Gasteiger partial charge in [0.15, 0.2) is 6.04 Å². The number of fused-ring (bicyclic) bond motifs is 1. The van der Waals surface area contributed by atoms with Crippen LogP contribution in [0.2, 0.25) is 0 Å². The third-order valence-electron chi connectivity index (χ3n) is 4.09. The Morgan fingerprint density at radius 2 is 2.20 bits per heavy atom. The lowest BCUT2D eigenvalue weighted by molar-refractivity contribution is -0.140. The van der Waals surface area contributed by atoms with E-state index in [2.05, 4.69) is 15.5 Å². The standard InChI is InChI=1S/C13H23N3O4/c1-20-8-11(12(17)18)15-13(19)14-9-4-6-16-5-2-3-10(16)7-9/h9-11H,2-8H2,1H3,(H,17,18)(H2,14,15,19). The van der Waals surface area contributed by atoms with Crippen LogP contribution in [0.5, 0.6) is 0 Å². The minimum Gasteiger partial charge on any atom is -0.480 e. The van der Waals surface area contributed by atoms with E-state index in [1.807, 2.05) is 0 Å². The number of carbonyl (C=O) groups excluding carboxylic acids is 1. The Bertz CT molecular complexity index is 364. The highest BCUT2D eigenvalue weighted by molar-refractivity contribution is 5.82. The molecule has 2 aliphatic rings. The molecule has 114 valence electrons. The molecule has 0 aromatic heterocycles. The first-order chi connectivity index (χ1) is 9.60. The average molecular weight is 285 g/mol. The number of urea groups is 1. The third-order valence-corrected chi connectivity index (χ3v) is 4.09. The first-order valence-corrected chi connectivity index (χ1v) is 7.13. The number of amides is 2. The Morgan fingerprint density at radius 1 is 1.40 bits per heavy atom. The van der Waals surface area contributed by atoms with Crippen LogP contribution < -0.4 is 10.6 Å². The topological polar surface area (TPSA) is 90.9 Å². The Kier molecular flexibility index (Phi) is 5.19. The number of methoxy groups -OCH3 is 1. The second-order valence-electron chi connectivity index (χ2n) is 5.52. The predicted octanol–water partition coefficient (Wildman–Crippen LogP) is 0.0120. The van der Waals surface area contributed by atoms with Crippen molar-refractivity contribution in [1.29, 1.82) is 0 Å². The number of hydrogen-bond acceptors (Lipinski definition) is 4. The number of rotatable bonds is 5. The number of carbonyl (C=O) groups is 2. The molecule has 3 atom stereocenters. The number of aliphatic carboxylic acids is 1. The van der Waals surface area contributed by atoms with Gasteiger partial charge in [-0.1, -0.05) is 0 Å². The summed E-state index contributed by atoms with van der Waals surface area (Å²) < 4.78 is 4.78. The number of hydrogen-bond donors (Lipinski definition) is 3. The lowest BCUT2D eigenvalue weighted by Gasteiger charge is -2.35. The molecule has 0 spiro atoms. The molecule has 0 radical (unpaired) electrons. The summed E-state index contributed by atoms with van der Waals surface area (Å²) in [5.41, 5.74) is 0. The van der Waals surface area contributed by atoms with Crippen LogP contribution in [0.3, 0.4) is 0 Å². The van der Waals surface area contributed by atoms with Crippen molar-refractivity contribution in [2.45, 2.75) is 43.8 Å². The van der Waals surface area contributed by atoms with Gasteiger partial charge >= 0.3 is 12.0 Å². The SMILES string of the molecule is COCC(NC(=O)NC1CCN2CCCC2C1)C(=O)O. The molecule has 7 nitrogen and oxygen atoms in total. The van der Waals surface area contributed by atoms with E-state index in [0.29, 0.717) is 6.04 Å². The molecule has 3 N–H and O–H groups in total. The number of nitrogens with zero attached hydrogens (tertiary/aromatic N) is 1. The monoisotopic (exact) mass is 285 g/mol. The summed E-state index contributed by atoms with van der Waals surface area (Å²) in [6.07, 6.45) is 4.31. The molecule has 0 bridgehead atoms. The van der Waals surface area contributed by atoms with Crippen molar-refractivity contribution >= 4 is 12.0 Å². The lowest BCUT2D eigenvalue weighted by atomic mass is 9.98. The Balaban J connectivity index is 1.77. The van der Waals surface area contributed by atoms with E-state index in [0.717, 1.165) is 19.4 Å². The second-order valence-corrected chi connectivity index (χ2v) is 5.52. The summed E-state index contributed by atoms with van der Waals surface area (Å²) in [7, 11) is 1.41. The molecule has 3 unspecified atom stereocenters. The fraction of sp³-hybridized carbons (Fsp3) is 0.846. The number of nitrogens with one attached hydrogen (secondary N) is 2. The highest BCUT2D eigenvalue weighted by Crippen LogP contribution is 2.26. The number of piperidine rings is 1. The van der Waals surface area contributed by atoms with Gasteiger partial charge in [-0.05, 0) is 32.2 Å². The minimum absolute atomic E-state index is 0.0379. The summed E-state index contributed by atoms with van der Waals surface area (Å²) in [6, 6.07) is -0.730. The molecule has 20 heavy (non-hydrogen) atoms. The van der Waals surface area contributed by atoms with E-state index in [1.54, 1.807) is 0 Å². The second kappa shape index (κ2) is 6.90. The zero-order valence-electron chi connectivity index (χ0n) is 11.8. The fourth-order valence-corrected chi connectivity index (χ4v) is 3.08. The zero-order chi connectivity index (χ0) is 14.5. The molecular formula is C13H23N3O4. The molecule has 2 saturated heterocycles. The average Bonchev–Trinajstić information content (AvgIpc) is 2.85. The van der Waals surface area contributed by atoms with E-state index in [1.165, 1.54) is 26.5 Å². The molecule has 0 aromatic rings. The summed E-state index contributed by atoms with van der Waals surface area (Å²) in [6.45, 7) is 2.14. The molecule has 2 amide bonds. The van der Waals surface area contributed by atoms with Gasteiger partial charge < -0.3 is 25.4 Å². The van der Waals surface area contributed by atoms with Gasteiger partial charge in [0.25, 0.3) is 0 Å². The van der Waals surface area contributed by atoms with Crippen molar-refractivity contribution in [1.82, 2.24) is 15.5 Å². The van der Waals surface area contributed by atoms with Crippen LogP contribution in [-0.4, -0.2) is 66.9 Å². The van der Waals surface area contributed by atoms with Gasteiger partial charge in [-0.3, -0.25) is 0 Å². The maximum Gasteiger partial charge on any atom is 0.328 e. The van der Waals surface area contributed by atoms with Gasteiger partial charge in [-0.15, -0.1) is 0 Å². The molecule has 2 heterocycles. The van der Waals surface area contributed by atoms with Gasteiger partial charge in [-0.25, -0.2) is 9.59 Å². The maximum atomic E-state index is 11.8. The van der Waals surface area contributed by atoms with Gasteiger partial charge in [0.05, 0.1) is 6.61 Å². The summed E-state index contributed by atoms with van der Waals surface area (Å²) in [4.78, 5) is 25.2. The van der Waals surface area contributed by atoms with Crippen LogP contribution in [0.4, 0.5) is 4.79 Å². The van der Waals surface area contributed by atoms with Crippen LogP contribution in [-0.2, 0) is 9.53 Å². The van der Waals surface area contributed by atoms with Crippen molar-refractivity contribution in [3.05, 3.63) is 0 Å². The fourth-order valence-electron chi connectivity index (χ4n) is 3.08. The van der Waals surface area contributed by atoms with Crippen LogP contribution in [0, 0.1) is 0 Å². The smallest absolute Gasteiger partial charge is 0.328 e.